The molecule has 0 aliphatic heterocycles. The average molecular weight is 1310 g/mol. The number of rotatable bonds is 81. The summed E-state index contributed by atoms with van der Waals surface area (Å²) >= 11 is 0. The number of esters is 1. The van der Waals surface area contributed by atoms with Gasteiger partial charge >= 0.3 is 5.97 Å². The summed E-state index contributed by atoms with van der Waals surface area (Å²) < 4.78 is 5.51. The zero-order valence-corrected chi connectivity index (χ0v) is 63.3. The monoisotopic (exact) mass is 1310 g/mol. The first kappa shape index (κ1) is 91.1. The predicted octanol–water partition coefficient (Wildman–Crippen LogP) is 28.6. The summed E-state index contributed by atoms with van der Waals surface area (Å²) in [5.41, 5.74) is 0. The predicted molar refractivity (Wildman–Crippen MR) is 412 cm³/mol. The lowest BCUT2D eigenvalue weighted by atomic mass is 10.0. The van der Waals surface area contributed by atoms with E-state index in [0.717, 1.165) is 44.9 Å². The van der Waals surface area contributed by atoms with Crippen LogP contribution >= 0.6 is 0 Å². The molecule has 550 valence electrons. The van der Waals surface area contributed by atoms with Gasteiger partial charge in [-0.05, 0) is 83.5 Å². The maximum atomic E-state index is 12.6. The minimum Gasteiger partial charge on any atom is -0.466 e. The minimum atomic E-state index is -0.843. The van der Waals surface area contributed by atoms with E-state index in [1.165, 1.54) is 411 Å². The van der Waals surface area contributed by atoms with Crippen LogP contribution in [0.4, 0.5) is 0 Å². The van der Waals surface area contributed by atoms with Crippen LogP contribution in [0.25, 0.3) is 0 Å². The fraction of sp³-hybridized carbons (Fsp3) is 0.908. The molecule has 0 bridgehead atoms. The van der Waals surface area contributed by atoms with Crippen LogP contribution in [-0.4, -0.2) is 47.4 Å². The van der Waals surface area contributed by atoms with Crippen LogP contribution in [0.2, 0.25) is 0 Å². The third-order valence-electron chi connectivity index (χ3n) is 20.1. The largest absolute Gasteiger partial charge is 0.466 e. The van der Waals surface area contributed by atoms with Gasteiger partial charge in [-0.25, -0.2) is 0 Å². The van der Waals surface area contributed by atoms with Gasteiger partial charge in [-0.1, -0.05) is 423 Å². The Balaban J connectivity index is 3.35. The Labute approximate surface area is 583 Å². The number of hydrogen-bond donors (Lipinski definition) is 3. The molecule has 3 N–H and O–H groups in total. The molecule has 93 heavy (non-hydrogen) atoms. The molecule has 0 radical (unpaired) electrons. The SMILES string of the molecule is CCCCCCCC/C=C\CCCCCCCCCC(=O)OCCCCCCCCCCCCCCCCCC/C=C\CCCCCCCCCCCCCCCCCCCC(=O)NC(CO)C(O)/C=C/CCCCCCCCCCCCCCCCCCCCCC. The van der Waals surface area contributed by atoms with Gasteiger partial charge in [0.2, 0.25) is 5.91 Å². The summed E-state index contributed by atoms with van der Waals surface area (Å²) in [5, 5.41) is 23.3. The fourth-order valence-corrected chi connectivity index (χ4v) is 13.6. The van der Waals surface area contributed by atoms with E-state index in [1.54, 1.807) is 6.08 Å². The van der Waals surface area contributed by atoms with Crippen LogP contribution in [0, 0.1) is 0 Å². The molecular weight excluding hydrogens is 1140 g/mol. The number of hydrogen-bond acceptors (Lipinski definition) is 5. The van der Waals surface area contributed by atoms with Crippen molar-refractivity contribution >= 4 is 11.9 Å². The highest BCUT2D eigenvalue weighted by atomic mass is 16.5. The molecule has 1 amide bonds. The minimum absolute atomic E-state index is 0.0188. The van der Waals surface area contributed by atoms with Gasteiger partial charge in [0, 0.05) is 12.8 Å². The van der Waals surface area contributed by atoms with E-state index in [-0.39, 0.29) is 18.5 Å². The van der Waals surface area contributed by atoms with Crippen LogP contribution < -0.4 is 5.32 Å². The summed E-state index contributed by atoms with van der Waals surface area (Å²) in [5.74, 6) is -0.0401. The number of amides is 1. The molecule has 0 aliphatic rings. The quantitative estimate of drug-likeness (QED) is 0.0320. The van der Waals surface area contributed by atoms with Gasteiger partial charge in [-0.2, -0.15) is 0 Å². The number of unbranched alkanes of at least 4 members (excludes halogenated alkanes) is 66. The zero-order valence-electron chi connectivity index (χ0n) is 63.3. The Hall–Kier alpha value is -1.92. The van der Waals surface area contributed by atoms with Gasteiger partial charge in [-0.3, -0.25) is 9.59 Å². The molecule has 0 aromatic rings. The van der Waals surface area contributed by atoms with Gasteiger partial charge in [0.15, 0.2) is 0 Å². The van der Waals surface area contributed by atoms with Crippen molar-refractivity contribution < 1.29 is 24.5 Å². The number of aliphatic hydroxyl groups is 2. The molecule has 0 aromatic heterocycles. The second kappa shape index (κ2) is 82.5. The van der Waals surface area contributed by atoms with Gasteiger partial charge < -0.3 is 20.3 Å². The Morgan fingerprint density at radius 2 is 0.505 bits per heavy atom. The lowest BCUT2D eigenvalue weighted by Crippen LogP contribution is -2.45. The highest BCUT2D eigenvalue weighted by molar-refractivity contribution is 5.76. The van der Waals surface area contributed by atoms with Crippen LogP contribution in [0.3, 0.4) is 0 Å². The van der Waals surface area contributed by atoms with Crippen LogP contribution in [0.1, 0.15) is 483 Å². The lowest BCUT2D eigenvalue weighted by molar-refractivity contribution is -0.143. The van der Waals surface area contributed by atoms with E-state index in [2.05, 4.69) is 43.5 Å². The number of allylic oxidation sites excluding steroid dienone is 5. The van der Waals surface area contributed by atoms with Gasteiger partial charge in [0.25, 0.3) is 0 Å². The highest BCUT2D eigenvalue weighted by Crippen LogP contribution is 2.20. The first-order valence-corrected chi connectivity index (χ1v) is 42.8. The Bertz CT molecular complexity index is 1510. The van der Waals surface area contributed by atoms with Crippen molar-refractivity contribution in [1.29, 1.82) is 0 Å². The Morgan fingerprint density at radius 3 is 0.763 bits per heavy atom. The number of nitrogens with one attached hydrogen (secondary N) is 1. The lowest BCUT2D eigenvalue weighted by Gasteiger charge is -2.20. The molecule has 2 unspecified atom stereocenters. The third kappa shape index (κ3) is 79.0. The topological polar surface area (TPSA) is 95.9 Å². The van der Waals surface area contributed by atoms with Crippen molar-refractivity contribution in [1.82, 2.24) is 5.32 Å². The van der Waals surface area contributed by atoms with Crippen molar-refractivity contribution in [3.8, 4) is 0 Å². The summed E-state index contributed by atoms with van der Waals surface area (Å²) in [6.07, 6.45) is 109. The summed E-state index contributed by atoms with van der Waals surface area (Å²) in [6.45, 7) is 4.95. The smallest absolute Gasteiger partial charge is 0.305 e. The second-order valence-electron chi connectivity index (χ2n) is 29.5. The van der Waals surface area contributed by atoms with Crippen molar-refractivity contribution in [3.05, 3.63) is 36.5 Å². The molecule has 2 atom stereocenters. The van der Waals surface area contributed by atoms with Crippen molar-refractivity contribution in [2.45, 2.75) is 495 Å². The second-order valence-corrected chi connectivity index (χ2v) is 29.5. The molecule has 0 saturated heterocycles. The number of carbonyl (C=O) groups is 2. The summed E-state index contributed by atoms with van der Waals surface area (Å²) in [7, 11) is 0. The van der Waals surface area contributed by atoms with Crippen molar-refractivity contribution in [2.24, 2.45) is 0 Å². The van der Waals surface area contributed by atoms with E-state index >= 15 is 0 Å². The fourth-order valence-electron chi connectivity index (χ4n) is 13.6. The van der Waals surface area contributed by atoms with E-state index in [4.69, 9.17) is 4.74 Å². The molecule has 0 saturated carbocycles. The first-order valence-electron chi connectivity index (χ1n) is 42.8. The Morgan fingerprint density at radius 1 is 0.290 bits per heavy atom. The molecule has 0 aliphatic carbocycles. The average Bonchev–Trinajstić information content (AvgIpc) is 3.78. The molecule has 0 fully saturated rings. The normalized spacial score (nSPS) is 12.6. The molecule has 0 rings (SSSR count). The molecule has 0 spiro atoms. The van der Waals surface area contributed by atoms with E-state index in [0.29, 0.717) is 19.4 Å². The molecule has 0 heterocycles. The summed E-state index contributed by atoms with van der Waals surface area (Å²) in [4.78, 5) is 24.7. The number of aliphatic hydroxyl groups excluding tert-OH is 2. The van der Waals surface area contributed by atoms with E-state index in [1.807, 2.05) is 6.08 Å². The van der Waals surface area contributed by atoms with E-state index in [9.17, 15) is 19.8 Å². The maximum Gasteiger partial charge on any atom is 0.305 e. The van der Waals surface area contributed by atoms with Crippen LogP contribution in [0.15, 0.2) is 36.5 Å². The molecular formula is C87H167NO5. The maximum absolute atomic E-state index is 12.6. The van der Waals surface area contributed by atoms with Crippen molar-refractivity contribution in [3.63, 3.8) is 0 Å². The number of carbonyl (C=O) groups excluding carboxylic acids is 2. The molecule has 6 nitrogen and oxygen atoms in total. The Kier molecular flexibility index (Phi) is 80.8. The van der Waals surface area contributed by atoms with Gasteiger partial charge in [0.1, 0.15) is 0 Å². The highest BCUT2D eigenvalue weighted by Gasteiger charge is 2.18. The zero-order chi connectivity index (χ0) is 67.0. The summed E-state index contributed by atoms with van der Waals surface area (Å²) in [6, 6.07) is -0.626. The van der Waals surface area contributed by atoms with Crippen LogP contribution in [0.5, 0.6) is 0 Å². The number of ether oxygens (including phenoxy) is 1. The molecule has 0 aromatic carbocycles. The van der Waals surface area contributed by atoms with E-state index < -0.39 is 12.1 Å². The first-order chi connectivity index (χ1) is 46.0. The van der Waals surface area contributed by atoms with Gasteiger partial charge in [0.05, 0.1) is 25.4 Å². The third-order valence-corrected chi connectivity index (χ3v) is 20.1. The van der Waals surface area contributed by atoms with Crippen molar-refractivity contribution in [2.75, 3.05) is 13.2 Å². The van der Waals surface area contributed by atoms with Gasteiger partial charge in [-0.15, -0.1) is 0 Å². The standard InChI is InChI=1S/C87H167NO5/c1-3-5-7-9-11-13-15-17-19-21-22-23-41-44-48-51-55-59-63-67-71-75-79-85(90)84(83-89)88-86(91)80-76-72-68-64-60-56-52-49-45-42-39-37-35-33-31-29-27-25-24-26-28-30-32-34-36-38-40-43-46-50-54-58-62-66-70-74-78-82-93-87(92)81-77-73-69-65-61-57-53-47-20-18-16-14-12-10-8-6-4-2/h18,20,24,26,75,79,84-85,89-90H,3-17,19,21-23,25,27-74,76-78,80-83H2,1-2H3,(H,88,91)/b20-18-,26-24-,79-75+. The van der Waals surface area contributed by atoms with Crippen LogP contribution in [-0.2, 0) is 14.3 Å². The molecule has 6 heteroatoms.